The molecular formula is C17H26N2O. The largest absolute Gasteiger partial charge is 0.352 e. The summed E-state index contributed by atoms with van der Waals surface area (Å²) in [5, 5.41) is 6.48. The molecule has 2 rings (SSSR count). The number of carbonyl (C=O) groups is 1. The average Bonchev–Trinajstić information content (AvgIpc) is 2.97. The van der Waals surface area contributed by atoms with Crippen LogP contribution >= 0.6 is 0 Å². The van der Waals surface area contributed by atoms with Crippen LogP contribution in [-0.4, -0.2) is 18.0 Å². The van der Waals surface area contributed by atoms with Crippen LogP contribution in [0.1, 0.15) is 50.7 Å². The van der Waals surface area contributed by atoms with Gasteiger partial charge in [0.05, 0.1) is 6.04 Å². The Labute approximate surface area is 122 Å². The smallest absolute Gasteiger partial charge is 0.237 e. The lowest BCUT2D eigenvalue weighted by molar-refractivity contribution is -0.123. The van der Waals surface area contributed by atoms with E-state index in [1.165, 1.54) is 24.0 Å². The van der Waals surface area contributed by atoms with Crippen molar-refractivity contribution < 1.29 is 4.79 Å². The molecule has 110 valence electrons. The zero-order valence-corrected chi connectivity index (χ0v) is 12.6. The lowest BCUT2D eigenvalue weighted by Crippen LogP contribution is -2.45. The topological polar surface area (TPSA) is 41.1 Å². The highest BCUT2D eigenvalue weighted by molar-refractivity contribution is 5.81. The lowest BCUT2D eigenvalue weighted by Gasteiger charge is -2.18. The van der Waals surface area contributed by atoms with Gasteiger partial charge in [-0.1, -0.05) is 44.0 Å². The third-order valence-corrected chi connectivity index (χ3v) is 4.19. The van der Waals surface area contributed by atoms with Crippen LogP contribution in [0.3, 0.4) is 0 Å². The molecule has 0 aromatic heterocycles. The van der Waals surface area contributed by atoms with Crippen molar-refractivity contribution in [2.24, 2.45) is 0 Å². The molecule has 20 heavy (non-hydrogen) atoms. The minimum absolute atomic E-state index is 0.130. The average molecular weight is 274 g/mol. The molecule has 1 amide bonds. The molecular weight excluding hydrogens is 248 g/mol. The van der Waals surface area contributed by atoms with Gasteiger partial charge in [0.2, 0.25) is 5.91 Å². The van der Waals surface area contributed by atoms with Crippen molar-refractivity contribution in [3.8, 4) is 0 Å². The quantitative estimate of drug-likeness (QED) is 0.837. The van der Waals surface area contributed by atoms with Gasteiger partial charge in [0.25, 0.3) is 0 Å². The van der Waals surface area contributed by atoms with Crippen LogP contribution in [0.5, 0.6) is 0 Å². The first-order chi connectivity index (χ1) is 9.70. The van der Waals surface area contributed by atoms with Gasteiger partial charge in [-0.3, -0.25) is 4.79 Å². The molecule has 1 saturated carbocycles. The van der Waals surface area contributed by atoms with Crippen molar-refractivity contribution in [3.05, 3.63) is 35.4 Å². The minimum Gasteiger partial charge on any atom is -0.352 e. The van der Waals surface area contributed by atoms with Crippen LogP contribution in [0.4, 0.5) is 0 Å². The Hall–Kier alpha value is -1.35. The van der Waals surface area contributed by atoms with E-state index in [-0.39, 0.29) is 11.9 Å². The molecule has 3 nitrogen and oxygen atoms in total. The standard InChI is InChI=1S/C17H26N2O/c1-3-14-8-4-5-9-15(14)12-18-13(2)17(20)19-16-10-6-7-11-16/h4-5,8-9,13,16,18H,3,6-7,10-12H2,1-2H3,(H,19,20). The maximum atomic E-state index is 12.1. The molecule has 0 aliphatic heterocycles. The molecule has 1 aliphatic rings. The van der Waals surface area contributed by atoms with Crippen LogP contribution in [0.2, 0.25) is 0 Å². The van der Waals surface area contributed by atoms with E-state index in [1.54, 1.807) is 0 Å². The predicted molar refractivity (Wildman–Crippen MR) is 82.5 cm³/mol. The van der Waals surface area contributed by atoms with E-state index in [2.05, 4.69) is 41.8 Å². The summed E-state index contributed by atoms with van der Waals surface area (Å²) in [6.07, 6.45) is 5.79. The summed E-state index contributed by atoms with van der Waals surface area (Å²) in [7, 11) is 0. The first-order valence-electron chi connectivity index (χ1n) is 7.81. The Morgan fingerprint density at radius 3 is 2.55 bits per heavy atom. The van der Waals surface area contributed by atoms with Gasteiger partial charge in [-0.15, -0.1) is 0 Å². The minimum atomic E-state index is -0.138. The van der Waals surface area contributed by atoms with E-state index < -0.39 is 0 Å². The Kier molecular flexibility index (Phi) is 5.60. The number of aryl methyl sites for hydroxylation is 1. The second-order valence-electron chi connectivity index (χ2n) is 5.71. The number of carbonyl (C=O) groups excluding carboxylic acids is 1. The van der Waals surface area contributed by atoms with Crippen molar-refractivity contribution >= 4 is 5.91 Å². The van der Waals surface area contributed by atoms with E-state index in [4.69, 9.17) is 0 Å². The van der Waals surface area contributed by atoms with E-state index >= 15 is 0 Å². The van der Waals surface area contributed by atoms with Crippen LogP contribution in [-0.2, 0) is 17.8 Å². The van der Waals surface area contributed by atoms with Crippen molar-refractivity contribution in [3.63, 3.8) is 0 Å². The highest BCUT2D eigenvalue weighted by Gasteiger charge is 2.20. The summed E-state index contributed by atoms with van der Waals surface area (Å²) in [5.74, 6) is 0.130. The number of amides is 1. The summed E-state index contributed by atoms with van der Waals surface area (Å²) in [5.41, 5.74) is 2.64. The molecule has 2 N–H and O–H groups in total. The lowest BCUT2D eigenvalue weighted by atomic mass is 10.1. The number of rotatable bonds is 6. The van der Waals surface area contributed by atoms with Gasteiger partial charge in [-0.05, 0) is 37.3 Å². The molecule has 3 heteroatoms. The normalized spacial score (nSPS) is 17.1. The molecule has 1 unspecified atom stereocenters. The Bertz CT molecular complexity index is 438. The summed E-state index contributed by atoms with van der Waals surface area (Å²) in [6, 6.07) is 8.67. The molecule has 1 aliphatic carbocycles. The van der Waals surface area contributed by atoms with Crippen LogP contribution in [0.15, 0.2) is 24.3 Å². The molecule has 0 bridgehead atoms. The number of hydrogen-bond donors (Lipinski definition) is 2. The van der Waals surface area contributed by atoms with E-state index in [0.717, 1.165) is 25.8 Å². The second kappa shape index (κ2) is 7.44. The zero-order valence-electron chi connectivity index (χ0n) is 12.6. The summed E-state index contributed by atoms with van der Waals surface area (Å²) >= 11 is 0. The summed E-state index contributed by atoms with van der Waals surface area (Å²) < 4.78 is 0. The van der Waals surface area contributed by atoms with Crippen molar-refractivity contribution in [1.29, 1.82) is 0 Å². The van der Waals surface area contributed by atoms with Crippen LogP contribution in [0, 0.1) is 0 Å². The van der Waals surface area contributed by atoms with Gasteiger partial charge in [0.15, 0.2) is 0 Å². The van der Waals surface area contributed by atoms with Crippen molar-refractivity contribution in [2.75, 3.05) is 0 Å². The Morgan fingerprint density at radius 2 is 1.90 bits per heavy atom. The predicted octanol–water partition coefficient (Wildman–Crippen LogP) is 2.79. The molecule has 1 fully saturated rings. The Morgan fingerprint density at radius 1 is 1.25 bits per heavy atom. The van der Waals surface area contributed by atoms with E-state index in [9.17, 15) is 4.79 Å². The van der Waals surface area contributed by atoms with Gasteiger partial charge in [-0.2, -0.15) is 0 Å². The fourth-order valence-corrected chi connectivity index (χ4v) is 2.83. The zero-order chi connectivity index (χ0) is 14.4. The number of benzene rings is 1. The van der Waals surface area contributed by atoms with Gasteiger partial charge < -0.3 is 10.6 Å². The summed E-state index contributed by atoms with van der Waals surface area (Å²) in [6.45, 7) is 4.86. The summed E-state index contributed by atoms with van der Waals surface area (Å²) in [4.78, 5) is 12.1. The van der Waals surface area contributed by atoms with E-state index in [1.807, 2.05) is 6.92 Å². The highest BCUT2D eigenvalue weighted by atomic mass is 16.2. The first kappa shape index (κ1) is 15.0. The monoisotopic (exact) mass is 274 g/mol. The van der Waals surface area contributed by atoms with Gasteiger partial charge in [-0.25, -0.2) is 0 Å². The highest BCUT2D eigenvalue weighted by Crippen LogP contribution is 2.17. The fraction of sp³-hybridized carbons (Fsp3) is 0.588. The fourth-order valence-electron chi connectivity index (χ4n) is 2.83. The maximum Gasteiger partial charge on any atom is 0.237 e. The molecule has 0 heterocycles. The van der Waals surface area contributed by atoms with Crippen LogP contribution in [0.25, 0.3) is 0 Å². The van der Waals surface area contributed by atoms with Gasteiger partial charge >= 0.3 is 0 Å². The molecule has 0 radical (unpaired) electrons. The molecule has 0 spiro atoms. The third kappa shape index (κ3) is 4.07. The maximum absolute atomic E-state index is 12.1. The third-order valence-electron chi connectivity index (χ3n) is 4.19. The molecule has 1 atom stereocenters. The van der Waals surface area contributed by atoms with Gasteiger partial charge in [0.1, 0.15) is 0 Å². The Balaban J connectivity index is 1.81. The molecule has 1 aromatic rings. The number of hydrogen-bond acceptors (Lipinski definition) is 2. The first-order valence-corrected chi connectivity index (χ1v) is 7.81. The SMILES string of the molecule is CCc1ccccc1CNC(C)C(=O)NC1CCCC1. The molecule has 1 aromatic carbocycles. The molecule has 0 saturated heterocycles. The van der Waals surface area contributed by atoms with E-state index in [0.29, 0.717) is 6.04 Å². The van der Waals surface area contributed by atoms with Crippen molar-refractivity contribution in [1.82, 2.24) is 10.6 Å². The van der Waals surface area contributed by atoms with Crippen LogP contribution < -0.4 is 10.6 Å². The second-order valence-corrected chi connectivity index (χ2v) is 5.71. The number of nitrogens with one attached hydrogen (secondary N) is 2. The van der Waals surface area contributed by atoms with Gasteiger partial charge in [0, 0.05) is 12.6 Å². The van der Waals surface area contributed by atoms with Crippen molar-refractivity contribution in [2.45, 2.75) is 64.6 Å².